The van der Waals surface area contributed by atoms with E-state index in [9.17, 15) is 43.2 Å². The molecule has 9 nitrogen and oxygen atoms in total. The summed E-state index contributed by atoms with van der Waals surface area (Å²) in [5.41, 5.74) is -5.39. The van der Waals surface area contributed by atoms with Gasteiger partial charge in [0.15, 0.2) is 5.82 Å². The highest BCUT2D eigenvalue weighted by Gasteiger charge is 2.66. The molecule has 20 heteroatoms. The third kappa shape index (κ3) is 7.39. The largest absolute Gasteiger partial charge is 0.417 e. The van der Waals surface area contributed by atoms with E-state index in [2.05, 4.69) is 20.3 Å². The molecule has 2 heterocycles. The molecule has 2 aromatic heterocycles. The Kier molecular flexibility index (Phi) is 9.59. The summed E-state index contributed by atoms with van der Waals surface area (Å²) in [5.74, 6) is -1.25. The van der Waals surface area contributed by atoms with E-state index in [0.717, 1.165) is 30.3 Å². The standard InChI is InChI=1S/C31H27ClF7N5O4S3/c1-50(45,46)17-10-8-16(9-11-17)41-28-40-15-12-22(42-28)25-24(43-27(49-25)29(13-14-29)31(37,38)39)18-4-2-7-21(23(18)33)44-51(47,48)26-19(30(34,35)36)5-3-6-20(26)32/h2-7,12,15-17,44H,8-11,13-14H2,1H3,(H,40,41,42). The van der Waals surface area contributed by atoms with Gasteiger partial charge >= 0.3 is 12.4 Å². The summed E-state index contributed by atoms with van der Waals surface area (Å²) in [6.45, 7) is 0. The molecular weight excluding hydrogens is 771 g/mol. The highest BCUT2D eigenvalue weighted by molar-refractivity contribution is 7.93. The van der Waals surface area contributed by atoms with E-state index >= 15 is 4.39 Å². The minimum atomic E-state index is -5.17. The van der Waals surface area contributed by atoms with Crippen molar-refractivity contribution in [2.75, 3.05) is 16.3 Å². The van der Waals surface area contributed by atoms with Crippen molar-refractivity contribution in [3.8, 4) is 21.8 Å². The zero-order valence-corrected chi connectivity index (χ0v) is 29.4. The summed E-state index contributed by atoms with van der Waals surface area (Å²) in [7, 11) is -8.39. The van der Waals surface area contributed by atoms with Gasteiger partial charge < -0.3 is 5.32 Å². The van der Waals surface area contributed by atoms with Gasteiger partial charge in [0.25, 0.3) is 10.0 Å². The van der Waals surface area contributed by atoms with Crippen LogP contribution in [0, 0.1) is 5.82 Å². The quantitative estimate of drug-likeness (QED) is 0.162. The molecule has 0 amide bonds. The van der Waals surface area contributed by atoms with Crippen LogP contribution < -0.4 is 10.0 Å². The molecule has 0 unspecified atom stereocenters. The van der Waals surface area contributed by atoms with Crippen LogP contribution in [-0.4, -0.2) is 55.5 Å². The number of sulfone groups is 1. The molecule has 2 aliphatic carbocycles. The van der Waals surface area contributed by atoms with Crippen LogP contribution >= 0.6 is 22.9 Å². The minimum Gasteiger partial charge on any atom is -0.351 e. The number of hydrogen-bond acceptors (Lipinski definition) is 9. The molecule has 0 saturated heterocycles. The van der Waals surface area contributed by atoms with Gasteiger partial charge in [0.2, 0.25) is 5.95 Å². The van der Waals surface area contributed by atoms with Gasteiger partial charge in [-0.15, -0.1) is 11.3 Å². The summed E-state index contributed by atoms with van der Waals surface area (Å²) >= 11 is 6.50. The Morgan fingerprint density at radius 1 is 0.922 bits per heavy atom. The second-order valence-electron chi connectivity index (χ2n) is 12.4. The number of alkyl halides is 6. The van der Waals surface area contributed by atoms with Crippen LogP contribution in [-0.2, 0) is 31.5 Å². The minimum absolute atomic E-state index is 0.00359. The number of nitrogens with one attached hydrogen (secondary N) is 2. The summed E-state index contributed by atoms with van der Waals surface area (Å²) in [4.78, 5) is 11.5. The molecule has 2 fully saturated rings. The second-order valence-corrected chi connectivity index (χ2v) is 17.7. The summed E-state index contributed by atoms with van der Waals surface area (Å²) in [6, 6.07) is 6.71. The van der Waals surface area contributed by atoms with Crippen LogP contribution in [0.1, 0.15) is 49.1 Å². The van der Waals surface area contributed by atoms with Crippen LogP contribution in [0.3, 0.4) is 0 Å². The van der Waals surface area contributed by atoms with E-state index in [4.69, 9.17) is 11.6 Å². The van der Waals surface area contributed by atoms with Crippen molar-refractivity contribution in [3.05, 3.63) is 70.1 Å². The number of aromatic nitrogens is 3. The molecule has 0 bridgehead atoms. The molecule has 2 aromatic carbocycles. The zero-order valence-electron chi connectivity index (χ0n) is 26.2. The lowest BCUT2D eigenvalue weighted by Gasteiger charge is -2.28. The Morgan fingerprint density at radius 2 is 1.59 bits per heavy atom. The Balaban J connectivity index is 1.39. The van der Waals surface area contributed by atoms with Gasteiger partial charge in [-0.2, -0.15) is 26.3 Å². The van der Waals surface area contributed by atoms with Gasteiger partial charge in [-0.05, 0) is 68.9 Å². The fraction of sp³-hybridized carbons (Fsp3) is 0.387. The van der Waals surface area contributed by atoms with Gasteiger partial charge in [-0.3, -0.25) is 4.72 Å². The predicted octanol–water partition coefficient (Wildman–Crippen LogP) is 8.24. The second kappa shape index (κ2) is 13.1. The molecule has 274 valence electrons. The maximum absolute atomic E-state index is 16.3. The van der Waals surface area contributed by atoms with Gasteiger partial charge in [0, 0.05) is 24.1 Å². The average molecular weight is 798 g/mol. The highest BCUT2D eigenvalue weighted by Crippen LogP contribution is 2.61. The molecule has 0 spiro atoms. The number of halogens is 8. The Labute approximate surface area is 296 Å². The molecule has 0 aliphatic heterocycles. The number of rotatable bonds is 9. The predicted molar refractivity (Wildman–Crippen MR) is 177 cm³/mol. The number of sulfonamides is 1. The molecular formula is C31H27ClF7N5O4S3. The lowest BCUT2D eigenvalue weighted by molar-refractivity contribution is -0.160. The third-order valence-electron chi connectivity index (χ3n) is 8.87. The van der Waals surface area contributed by atoms with E-state index in [0.29, 0.717) is 43.1 Å². The lowest BCUT2D eigenvalue weighted by Crippen LogP contribution is -2.32. The van der Waals surface area contributed by atoms with Crippen molar-refractivity contribution in [3.63, 3.8) is 0 Å². The molecule has 2 saturated carbocycles. The van der Waals surface area contributed by atoms with E-state index in [-0.39, 0.29) is 46.1 Å². The van der Waals surface area contributed by atoms with Crippen molar-refractivity contribution in [2.45, 2.75) is 72.5 Å². The van der Waals surface area contributed by atoms with Gasteiger partial charge in [-0.25, -0.2) is 36.2 Å². The van der Waals surface area contributed by atoms with E-state index in [1.807, 2.05) is 0 Å². The summed E-state index contributed by atoms with van der Waals surface area (Å²) < 4.78 is 152. The first-order valence-electron chi connectivity index (χ1n) is 15.3. The maximum atomic E-state index is 16.3. The first kappa shape index (κ1) is 37.2. The first-order chi connectivity index (χ1) is 23.7. The van der Waals surface area contributed by atoms with E-state index < -0.39 is 75.4 Å². The smallest absolute Gasteiger partial charge is 0.351 e. The monoisotopic (exact) mass is 797 g/mol. The Bertz CT molecular complexity index is 2200. The van der Waals surface area contributed by atoms with Crippen molar-refractivity contribution in [2.24, 2.45) is 0 Å². The van der Waals surface area contributed by atoms with Crippen molar-refractivity contribution < 1.29 is 47.6 Å². The first-order valence-corrected chi connectivity index (χ1v) is 19.9. The van der Waals surface area contributed by atoms with Crippen molar-refractivity contribution in [1.82, 2.24) is 15.0 Å². The van der Waals surface area contributed by atoms with Crippen LogP contribution in [0.4, 0.5) is 42.4 Å². The molecule has 2 N–H and O–H groups in total. The molecule has 6 rings (SSSR count). The molecule has 51 heavy (non-hydrogen) atoms. The van der Waals surface area contributed by atoms with Gasteiger partial charge in [0.1, 0.15) is 25.2 Å². The van der Waals surface area contributed by atoms with E-state index in [1.54, 1.807) is 4.72 Å². The van der Waals surface area contributed by atoms with Crippen LogP contribution in [0.5, 0.6) is 0 Å². The number of hydrogen-bond donors (Lipinski definition) is 2. The summed E-state index contributed by atoms with van der Waals surface area (Å²) in [5, 5.41) is 1.50. The fourth-order valence-electron chi connectivity index (χ4n) is 5.99. The Morgan fingerprint density at radius 3 is 2.20 bits per heavy atom. The molecule has 0 radical (unpaired) electrons. The lowest BCUT2D eigenvalue weighted by atomic mass is 9.95. The summed E-state index contributed by atoms with van der Waals surface area (Å²) in [6.07, 6.45) is -6.06. The molecule has 0 atom stereocenters. The van der Waals surface area contributed by atoms with Crippen LogP contribution in [0.2, 0.25) is 5.02 Å². The number of thiazole rings is 1. The van der Waals surface area contributed by atoms with Crippen LogP contribution in [0.15, 0.2) is 53.6 Å². The van der Waals surface area contributed by atoms with Crippen LogP contribution in [0.25, 0.3) is 21.8 Å². The van der Waals surface area contributed by atoms with Gasteiger partial charge in [0.05, 0.1) is 37.8 Å². The topological polar surface area (TPSA) is 131 Å². The van der Waals surface area contributed by atoms with Crippen molar-refractivity contribution in [1.29, 1.82) is 0 Å². The SMILES string of the molecule is CS(=O)(=O)C1CCC(Nc2nccc(-c3sc(C4(C(F)(F)F)CC4)nc3-c3cccc(NS(=O)(=O)c4c(Cl)cccc4C(F)(F)F)c3F)n2)CC1. The zero-order chi connectivity index (χ0) is 37.1. The van der Waals surface area contributed by atoms with E-state index in [1.165, 1.54) is 18.5 Å². The van der Waals surface area contributed by atoms with Crippen molar-refractivity contribution >= 4 is 54.4 Å². The van der Waals surface area contributed by atoms with Gasteiger partial charge in [-0.1, -0.05) is 23.7 Å². The molecule has 4 aromatic rings. The third-order valence-corrected chi connectivity index (χ3v) is 13.7. The number of nitrogens with zero attached hydrogens (tertiary/aromatic N) is 3. The number of benzene rings is 2. The molecule has 2 aliphatic rings. The maximum Gasteiger partial charge on any atom is 0.417 e. The fourth-order valence-corrected chi connectivity index (χ4v) is 10.3. The number of anilines is 2. The highest BCUT2D eigenvalue weighted by atomic mass is 35.5. The average Bonchev–Trinajstić information content (AvgIpc) is 3.75. The normalized spacial score (nSPS) is 19.5. The Hall–Kier alpha value is -3.55.